The summed E-state index contributed by atoms with van der Waals surface area (Å²) in [7, 11) is 1.60. The Morgan fingerprint density at radius 3 is 2.57 bits per heavy atom. The number of methoxy groups -OCH3 is 1. The van der Waals surface area contributed by atoms with Crippen molar-refractivity contribution in [2.75, 3.05) is 20.3 Å². The molecule has 0 aliphatic carbocycles. The van der Waals surface area contributed by atoms with Crippen molar-refractivity contribution < 1.29 is 14.4 Å². The molecule has 1 aromatic rings. The highest BCUT2D eigenvalue weighted by molar-refractivity contribution is 6.53. The molecule has 0 unspecified atom stereocenters. The van der Waals surface area contributed by atoms with E-state index in [1.807, 2.05) is 31.2 Å². The summed E-state index contributed by atoms with van der Waals surface area (Å²) in [6, 6.07) is 7.39. The maximum Gasteiger partial charge on any atom is 0.256 e. The number of hydrogen-bond donors (Lipinski definition) is 0. The smallest absolute Gasteiger partial charge is 0.256 e. The van der Waals surface area contributed by atoms with Crippen molar-refractivity contribution in [3.05, 3.63) is 29.8 Å². The summed E-state index contributed by atoms with van der Waals surface area (Å²) in [6.07, 6.45) is 1.50. The molecule has 0 fully saturated rings. The van der Waals surface area contributed by atoms with Gasteiger partial charge in [-0.2, -0.15) is 0 Å². The van der Waals surface area contributed by atoms with Crippen molar-refractivity contribution in [1.29, 1.82) is 0 Å². The molecular weight excluding hydrogens is 315 g/mol. The summed E-state index contributed by atoms with van der Waals surface area (Å²) in [4.78, 5) is 17.2. The molecule has 116 valence electrons. The van der Waals surface area contributed by atoms with Crippen LogP contribution in [-0.4, -0.2) is 42.1 Å². The average Bonchev–Trinajstić information content (AvgIpc) is 2.50. The third-order valence-corrected chi connectivity index (χ3v) is 2.98. The van der Waals surface area contributed by atoms with Crippen molar-refractivity contribution >= 4 is 35.3 Å². The number of carbonyl (C=O) groups excluding carboxylic acids is 1. The number of alkyl halides is 2. The second kappa shape index (κ2) is 9.47. The molecule has 0 atom stereocenters. The van der Waals surface area contributed by atoms with Gasteiger partial charge in [0, 0.05) is 6.54 Å². The Morgan fingerprint density at radius 2 is 2.05 bits per heavy atom. The van der Waals surface area contributed by atoms with Crippen LogP contribution in [0.15, 0.2) is 29.4 Å². The van der Waals surface area contributed by atoms with Crippen LogP contribution in [0.3, 0.4) is 0 Å². The lowest BCUT2D eigenvalue weighted by Gasteiger charge is -2.21. The standard InChI is InChI=1S/C14H18Cl2N2O3/c1-3-21-17-8-9-18(14(19)13(15)16)10-11-4-6-12(20-2)7-5-11/h4-8,13H,3,9-10H2,1-2H3. The number of hydrogen-bond acceptors (Lipinski definition) is 4. The van der Waals surface area contributed by atoms with Crippen LogP contribution in [-0.2, 0) is 16.2 Å². The molecule has 0 aliphatic heterocycles. The minimum absolute atomic E-state index is 0.265. The highest BCUT2D eigenvalue weighted by Crippen LogP contribution is 2.15. The van der Waals surface area contributed by atoms with E-state index in [-0.39, 0.29) is 12.5 Å². The number of ether oxygens (including phenoxy) is 1. The molecule has 0 aliphatic rings. The topological polar surface area (TPSA) is 51.1 Å². The third kappa shape index (κ3) is 6.23. The van der Waals surface area contributed by atoms with E-state index in [1.54, 1.807) is 7.11 Å². The summed E-state index contributed by atoms with van der Waals surface area (Å²) < 4.78 is 5.09. The molecule has 1 amide bonds. The van der Waals surface area contributed by atoms with Crippen molar-refractivity contribution in [2.24, 2.45) is 5.16 Å². The van der Waals surface area contributed by atoms with Crippen LogP contribution in [0.1, 0.15) is 12.5 Å². The van der Waals surface area contributed by atoms with E-state index in [1.165, 1.54) is 11.1 Å². The van der Waals surface area contributed by atoms with E-state index in [9.17, 15) is 4.79 Å². The Labute approximate surface area is 134 Å². The monoisotopic (exact) mass is 332 g/mol. The van der Waals surface area contributed by atoms with Crippen molar-refractivity contribution in [3.8, 4) is 5.75 Å². The predicted octanol–water partition coefficient (Wildman–Crippen LogP) is 2.85. The van der Waals surface area contributed by atoms with Crippen molar-refractivity contribution in [3.63, 3.8) is 0 Å². The highest BCUT2D eigenvalue weighted by atomic mass is 35.5. The second-order valence-electron chi connectivity index (χ2n) is 4.07. The number of oxime groups is 1. The van der Waals surface area contributed by atoms with Gasteiger partial charge in [0.1, 0.15) is 12.4 Å². The summed E-state index contributed by atoms with van der Waals surface area (Å²) in [5.41, 5.74) is 0.933. The number of halogens is 2. The van der Waals surface area contributed by atoms with Crippen LogP contribution in [0, 0.1) is 0 Å². The summed E-state index contributed by atoms with van der Waals surface area (Å²) in [6.45, 7) is 2.93. The van der Waals surface area contributed by atoms with Gasteiger partial charge in [-0.25, -0.2) is 0 Å². The van der Waals surface area contributed by atoms with E-state index in [0.717, 1.165) is 11.3 Å². The lowest BCUT2D eigenvalue weighted by molar-refractivity contribution is -0.129. The normalized spacial score (nSPS) is 10.9. The van der Waals surface area contributed by atoms with Crippen LogP contribution in [0.2, 0.25) is 0 Å². The molecule has 21 heavy (non-hydrogen) atoms. The second-order valence-corrected chi connectivity index (χ2v) is 5.17. The molecule has 1 rings (SSSR count). The number of benzene rings is 1. The zero-order valence-corrected chi connectivity index (χ0v) is 13.5. The van der Waals surface area contributed by atoms with Crippen molar-refractivity contribution in [1.82, 2.24) is 4.90 Å². The Morgan fingerprint density at radius 1 is 1.38 bits per heavy atom. The molecule has 0 radical (unpaired) electrons. The average molecular weight is 333 g/mol. The molecular formula is C14H18Cl2N2O3. The zero-order chi connectivity index (χ0) is 15.7. The van der Waals surface area contributed by atoms with Gasteiger partial charge >= 0.3 is 0 Å². The van der Waals surface area contributed by atoms with Gasteiger partial charge in [-0.15, -0.1) is 0 Å². The van der Waals surface area contributed by atoms with Gasteiger partial charge in [-0.1, -0.05) is 40.5 Å². The fourth-order valence-electron chi connectivity index (χ4n) is 1.58. The first kappa shape index (κ1) is 17.6. The van der Waals surface area contributed by atoms with Crippen LogP contribution >= 0.6 is 23.2 Å². The van der Waals surface area contributed by atoms with Gasteiger partial charge in [0.2, 0.25) is 0 Å². The zero-order valence-electron chi connectivity index (χ0n) is 12.0. The van der Waals surface area contributed by atoms with Crippen molar-refractivity contribution in [2.45, 2.75) is 18.3 Å². The van der Waals surface area contributed by atoms with E-state index in [0.29, 0.717) is 13.2 Å². The lowest BCUT2D eigenvalue weighted by atomic mass is 10.2. The van der Waals surface area contributed by atoms with Crippen LogP contribution in [0.25, 0.3) is 0 Å². The molecule has 5 nitrogen and oxygen atoms in total. The largest absolute Gasteiger partial charge is 0.497 e. The third-order valence-electron chi connectivity index (χ3n) is 2.61. The fourth-order valence-corrected chi connectivity index (χ4v) is 1.86. The maximum absolute atomic E-state index is 12.0. The minimum atomic E-state index is -1.11. The van der Waals surface area contributed by atoms with Gasteiger partial charge in [0.25, 0.3) is 5.91 Å². The van der Waals surface area contributed by atoms with E-state index < -0.39 is 4.84 Å². The Hall–Kier alpha value is -1.46. The number of rotatable bonds is 8. The molecule has 1 aromatic carbocycles. The predicted molar refractivity (Wildman–Crippen MR) is 84.0 cm³/mol. The van der Waals surface area contributed by atoms with E-state index in [2.05, 4.69) is 5.16 Å². The number of carbonyl (C=O) groups is 1. The number of amides is 1. The summed E-state index contributed by atoms with van der Waals surface area (Å²) in [5, 5.41) is 3.72. The molecule has 7 heteroatoms. The van der Waals surface area contributed by atoms with Gasteiger partial charge in [0.05, 0.1) is 19.9 Å². The first-order valence-electron chi connectivity index (χ1n) is 6.42. The maximum atomic E-state index is 12.0. The Balaban J connectivity index is 2.72. The molecule has 0 saturated carbocycles. The quantitative estimate of drug-likeness (QED) is 0.418. The number of nitrogens with zero attached hydrogens (tertiary/aromatic N) is 2. The SMILES string of the molecule is CCON=CCN(Cc1ccc(OC)cc1)C(=O)C(Cl)Cl. The molecule has 0 aromatic heterocycles. The minimum Gasteiger partial charge on any atom is -0.497 e. The van der Waals surface area contributed by atoms with Gasteiger partial charge in [-0.3, -0.25) is 4.79 Å². The summed E-state index contributed by atoms with van der Waals surface area (Å²) in [5.74, 6) is 0.374. The summed E-state index contributed by atoms with van der Waals surface area (Å²) >= 11 is 11.3. The highest BCUT2D eigenvalue weighted by Gasteiger charge is 2.19. The van der Waals surface area contributed by atoms with E-state index >= 15 is 0 Å². The Kier molecular flexibility index (Phi) is 7.93. The van der Waals surface area contributed by atoms with Crippen LogP contribution < -0.4 is 4.74 Å². The molecule has 0 spiro atoms. The fraction of sp³-hybridized carbons (Fsp3) is 0.429. The van der Waals surface area contributed by atoms with Crippen LogP contribution in [0.5, 0.6) is 5.75 Å². The molecule has 0 heterocycles. The van der Waals surface area contributed by atoms with Gasteiger partial charge in [0.15, 0.2) is 4.84 Å². The van der Waals surface area contributed by atoms with Gasteiger partial charge < -0.3 is 14.5 Å². The van der Waals surface area contributed by atoms with E-state index in [4.69, 9.17) is 32.8 Å². The molecule has 0 bridgehead atoms. The molecule has 0 saturated heterocycles. The Bertz CT molecular complexity index is 464. The molecule has 0 N–H and O–H groups in total. The first-order valence-corrected chi connectivity index (χ1v) is 7.29. The van der Waals surface area contributed by atoms with Crippen LogP contribution in [0.4, 0.5) is 0 Å². The first-order chi connectivity index (χ1) is 10.1. The van der Waals surface area contributed by atoms with Gasteiger partial charge in [-0.05, 0) is 24.6 Å². The lowest BCUT2D eigenvalue weighted by Crippen LogP contribution is -2.35.